The third-order valence-corrected chi connectivity index (χ3v) is 5.97. The fourth-order valence-corrected chi connectivity index (χ4v) is 3.87. The molecule has 162 valence electrons. The number of nitrogens with two attached hydrogens (primary N) is 1. The van der Waals surface area contributed by atoms with Gasteiger partial charge in [-0.2, -0.15) is 0 Å². The second-order valence-electron chi connectivity index (χ2n) is 6.65. The maximum Gasteiger partial charge on any atom is 0.241 e. The third kappa shape index (κ3) is 5.74. The Labute approximate surface area is 188 Å². The second kappa shape index (κ2) is 9.23. The van der Waals surface area contributed by atoms with E-state index in [9.17, 15) is 17.6 Å². The molecule has 0 aromatic heterocycles. The molecule has 0 saturated heterocycles. The lowest BCUT2D eigenvalue weighted by molar-refractivity contribution is -0.115. The van der Waals surface area contributed by atoms with Crippen molar-refractivity contribution in [3.63, 3.8) is 0 Å². The SMILES string of the molecule is Cc1ccc(F)c(CC(=O)Nc2ccc(Oc3cccc(Cl)c3)c(S(N)(=O)=O)c2)c1Cl. The molecule has 6 nitrogen and oxygen atoms in total. The molecule has 1 amide bonds. The minimum Gasteiger partial charge on any atom is -0.456 e. The van der Waals surface area contributed by atoms with Gasteiger partial charge in [-0.05, 0) is 55.0 Å². The highest BCUT2D eigenvalue weighted by atomic mass is 35.5. The molecule has 3 rings (SSSR count). The van der Waals surface area contributed by atoms with Crippen molar-refractivity contribution in [1.82, 2.24) is 0 Å². The van der Waals surface area contributed by atoms with Crippen LogP contribution < -0.4 is 15.2 Å². The van der Waals surface area contributed by atoms with Crippen LogP contribution in [0.5, 0.6) is 11.5 Å². The molecule has 0 atom stereocenters. The Morgan fingerprint density at radius 3 is 2.55 bits per heavy atom. The van der Waals surface area contributed by atoms with E-state index in [4.69, 9.17) is 33.1 Å². The molecule has 0 fully saturated rings. The summed E-state index contributed by atoms with van der Waals surface area (Å²) in [7, 11) is -4.19. The number of sulfonamides is 1. The van der Waals surface area contributed by atoms with Crippen LogP contribution >= 0.6 is 23.2 Å². The maximum atomic E-state index is 14.1. The summed E-state index contributed by atoms with van der Waals surface area (Å²) >= 11 is 12.0. The van der Waals surface area contributed by atoms with Crippen LogP contribution in [0.2, 0.25) is 10.0 Å². The Kier molecular flexibility index (Phi) is 6.86. The van der Waals surface area contributed by atoms with Crippen molar-refractivity contribution in [1.29, 1.82) is 0 Å². The zero-order valence-electron chi connectivity index (χ0n) is 16.2. The lowest BCUT2D eigenvalue weighted by Crippen LogP contribution is -2.17. The Bertz CT molecular complexity index is 1270. The van der Waals surface area contributed by atoms with E-state index in [0.717, 1.165) is 6.07 Å². The minimum absolute atomic E-state index is 0.0458. The zero-order chi connectivity index (χ0) is 22.8. The molecule has 0 saturated carbocycles. The average Bonchev–Trinajstić information content (AvgIpc) is 2.69. The Balaban J connectivity index is 1.86. The number of nitrogens with one attached hydrogen (secondary N) is 1. The predicted octanol–water partition coefficient (Wildman–Crippen LogP) is 5.06. The summed E-state index contributed by atoms with van der Waals surface area (Å²) in [4.78, 5) is 12.1. The van der Waals surface area contributed by atoms with Crippen LogP contribution in [0, 0.1) is 12.7 Å². The van der Waals surface area contributed by atoms with Gasteiger partial charge in [0.25, 0.3) is 0 Å². The van der Waals surface area contributed by atoms with Crippen molar-refractivity contribution in [3.05, 3.63) is 81.6 Å². The van der Waals surface area contributed by atoms with Gasteiger partial charge in [0.2, 0.25) is 15.9 Å². The molecule has 10 heteroatoms. The van der Waals surface area contributed by atoms with Crippen LogP contribution in [0.15, 0.2) is 59.5 Å². The van der Waals surface area contributed by atoms with E-state index in [-0.39, 0.29) is 33.3 Å². The molecule has 3 aromatic carbocycles. The van der Waals surface area contributed by atoms with E-state index < -0.39 is 21.7 Å². The number of carbonyl (C=O) groups excluding carboxylic acids is 1. The quantitative estimate of drug-likeness (QED) is 0.512. The minimum atomic E-state index is -4.19. The highest BCUT2D eigenvalue weighted by Crippen LogP contribution is 2.32. The van der Waals surface area contributed by atoms with Gasteiger partial charge in [0.15, 0.2) is 0 Å². The van der Waals surface area contributed by atoms with Gasteiger partial charge in [-0.3, -0.25) is 4.79 Å². The first-order valence-electron chi connectivity index (χ1n) is 8.88. The molecular formula is C21H17Cl2FN2O4S. The molecule has 0 aliphatic carbocycles. The van der Waals surface area contributed by atoms with Gasteiger partial charge in [-0.15, -0.1) is 0 Å². The Morgan fingerprint density at radius 1 is 1.13 bits per heavy atom. The molecule has 31 heavy (non-hydrogen) atoms. The highest BCUT2D eigenvalue weighted by molar-refractivity contribution is 7.89. The fraction of sp³-hybridized carbons (Fsp3) is 0.0952. The number of primary sulfonamides is 1. The smallest absolute Gasteiger partial charge is 0.241 e. The summed E-state index contributed by atoms with van der Waals surface area (Å²) in [5, 5.41) is 8.38. The fourth-order valence-electron chi connectivity index (χ4n) is 2.79. The van der Waals surface area contributed by atoms with Crippen LogP contribution in [-0.4, -0.2) is 14.3 Å². The van der Waals surface area contributed by atoms with Gasteiger partial charge in [0.1, 0.15) is 22.2 Å². The third-order valence-electron chi connectivity index (χ3n) is 4.27. The summed E-state index contributed by atoms with van der Waals surface area (Å²) in [5.41, 5.74) is 0.813. The first-order chi connectivity index (χ1) is 14.5. The van der Waals surface area contributed by atoms with Crippen molar-refractivity contribution in [2.24, 2.45) is 5.14 Å². The number of aryl methyl sites for hydroxylation is 1. The summed E-state index contributed by atoms with van der Waals surface area (Å²) in [6, 6.07) is 13.0. The molecule has 0 aliphatic heterocycles. The summed E-state index contributed by atoms with van der Waals surface area (Å²) in [6.07, 6.45) is -0.335. The first-order valence-corrected chi connectivity index (χ1v) is 11.2. The van der Waals surface area contributed by atoms with E-state index in [1.807, 2.05) is 0 Å². The van der Waals surface area contributed by atoms with Crippen molar-refractivity contribution in [3.8, 4) is 11.5 Å². The second-order valence-corrected chi connectivity index (χ2v) is 8.99. The number of halogens is 3. The Hall–Kier alpha value is -2.65. The van der Waals surface area contributed by atoms with Crippen molar-refractivity contribution >= 4 is 44.8 Å². The van der Waals surface area contributed by atoms with Crippen LogP contribution in [0.4, 0.5) is 10.1 Å². The number of anilines is 1. The molecule has 0 spiro atoms. The van der Waals surface area contributed by atoms with Gasteiger partial charge in [0, 0.05) is 16.3 Å². The molecule has 3 N–H and O–H groups in total. The van der Waals surface area contributed by atoms with Crippen molar-refractivity contribution in [2.75, 3.05) is 5.32 Å². The van der Waals surface area contributed by atoms with Crippen molar-refractivity contribution in [2.45, 2.75) is 18.2 Å². The van der Waals surface area contributed by atoms with Gasteiger partial charge in [0.05, 0.1) is 11.4 Å². The summed E-state index contributed by atoms with van der Waals surface area (Å²) in [6.45, 7) is 1.69. The van der Waals surface area contributed by atoms with E-state index in [1.165, 1.54) is 30.3 Å². The number of hydrogen-bond donors (Lipinski definition) is 2. The number of benzene rings is 3. The predicted molar refractivity (Wildman–Crippen MR) is 118 cm³/mol. The summed E-state index contributed by atoms with van der Waals surface area (Å²) < 4.78 is 43.8. The average molecular weight is 483 g/mol. The molecule has 3 aromatic rings. The monoisotopic (exact) mass is 482 g/mol. The number of ether oxygens (including phenoxy) is 1. The van der Waals surface area contributed by atoms with E-state index >= 15 is 0 Å². The lowest BCUT2D eigenvalue weighted by Gasteiger charge is -2.13. The normalized spacial score (nSPS) is 11.3. The van der Waals surface area contributed by atoms with Crippen LogP contribution in [-0.2, 0) is 21.2 Å². The van der Waals surface area contributed by atoms with Crippen molar-refractivity contribution < 1.29 is 22.3 Å². The molecule has 0 heterocycles. The zero-order valence-corrected chi connectivity index (χ0v) is 18.5. The van der Waals surface area contributed by atoms with Gasteiger partial charge in [-0.1, -0.05) is 35.3 Å². The van der Waals surface area contributed by atoms with E-state index in [1.54, 1.807) is 25.1 Å². The van der Waals surface area contributed by atoms with Gasteiger partial charge in [-0.25, -0.2) is 17.9 Å². The first kappa shape index (κ1) is 23.0. The molecule has 0 bridgehead atoms. The van der Waals surface area contributed by atoms with Gasteiger partial charge >= 0.3 is 0 Å². The van der Waals surface area contributed by atoms with E-state index in [0.29, 0.717) is 16.3 Å². The highest BCUT2D eigenvalue weighted by Gasteiger charge is 2.19. The lowest BCUT2D eigenvalue weighted by atomic mass is 10.1. The van der Waals surface area contributed by atoms with Gasteiger partial charge < -0.3 is 10.1 Å². The number of rotatable bonds is 6. The van der Waals surface area contributed by atoms with Crippen LogP contribution in [0.3, 0.4) is 0 Å². The van der Waals surface area contributed by atoms with Crippen LogP contribution in [0.25, 0.3) is 0 Å². The number of carbonyl (C=O) groups is 1. The topological polar surface area (TPSA) is 98.5 Å². The van der Waals surface area contributed by atoms with Crippen LogP contribution in [0.1, 0.15) is 11.1 Å². The molecule has 0 unspecified atom stereocenters. The summed E-state index contributed by atoms with van der Waals surface area (Å²) in [5.74, 6) is -0.939. The largest absolute Gasteiger partial charge is 0.456 e. The molecule has 0 radical (unpaired) electrons. The molecular weight excluding hydrogens is 466 g/mol. The standard InChI is InChI=1S/C21H17Cl2FN2O4S/c1-12-5-7-17(24)16(21(12)23)11-20(27)26-14-6-8-18(19(10-14)31(25,28)29)30-15-4-2-3-13(22)9-15/h2-10H,11H2,1H3,(H,26,27)(H2,25,28,29). The number of amides is 1. The van der Waals surface area contributed by atoms with E-state index in [2.05, 4.69) is 5.32 Å². The molecule has 0 aliphatic rings. The maximum absolute atomic E-state index is 14.1. The number of hydrogen-bond acceptors (Lipinski definition) is 4. The Morgan fingerprint density at radius 2 is 1.87 bits per heavy atom.